The molecule has 168 valence electrons. The molecule has 0 unspecified atom stereocenters. The summed E-state index contributed by atoms with van der Waals surface area (Å²) in [5.74, 6) is 1.13. The monoisotopic (exact) mass is 434 g/mol. The summed E-state index contributed by atoms with van der Waals surface area (Å²) in [6.07, 6.45) is 0.871. The van der Waals surface area contributed by atoms with E-state index in [-0.39, 0.29) is 18.1 Å². The van der Waals surface area contributed by atoms with Crippen LogP contribution in [0.5, 0.6) is 5.75 Å². The second kappa shape index (κ2) is 9.42. The van der Waals surface area contributed by atoms with E-state index in [0.717, 1.165) is 23.0 Å². The van der Waals surface area contributed by atoms with E-state index in [9.17, 15) is 9.59 Å². The molecule has 0 atom stereocenters. The number of ether oxygens (including phenoxy) is 1. The standard InChI is InChI=1S/C25H30N4O3/c1-4-11-29-22-8-6-5-7-21(22)26-24(25(29)31)28-14-12-27(13-15-28)23(30)17-32-20-10-9-18(2)19(3)16-20/h5-10,16H,4,11-15,17H2,1-3H3. The van der Waals surface area contributed by atoms with Crippen molar-refractivity contribution in [1.29, 1.82) is 0 Å². The Hall–Kier alpha value is -3.35. The topological polar surface area (TPSA) is 67.7 Å². The molecular formula is C25H30N4O3. The number of hydrogen-bond acceptors (Lipinski definition) is 5. The van der Waals surface area contributed by atoms with Gasteiger partial charge in [0.05, 0.1) is 11.0 Å². The lowest BCUT2D eigenvalue weighted by molar-refractivity contribution is -0.133. The first-order chi connectivity index (χ1) is 15.5. The van der Waals surface area contributed by atoms with Crippen molar-refractivity contribution in [3.8, 4) is 5.75 Å². The van der Waals surface area contributed by atoms with E-state index in [0.29, 0.717) is 44.3 Å². The lowest BCUT2D eigenvalue weighted by Crippen LogP contribution is -2.51. The van der Waals surface area contributed by atoms with Crippen LogP contribution in [0.4, 0.5) is 5.82 Å². The van der Waals surface area contributed by atoms with Gasteiger partial charge in [-0.15, -0.1) is 0 Å². The fraction of sp³-hybridized carbons (Fsp3) is 0.400. The molecule has 4 rings (SSSR count). The molecule has 1 amide bonds. The highest BCUT2D eigenvalue weighted by Crippen LogP contribution is 2.18. The van der Waals surface area contributed by atoms with Gasteiger partial charge in [-0.05, 0) is 55.7 Å². The highest BCUT2D eigenvalue weighted by molar-refractivity contribution is 5.78. The zero-order chi connectivity index (χ0) is 22.7. The number of hydrogen-bond donors (Lipinski definition) is 0. The van der Waals surface area contributed by atoms with E-state index in [4.69, 9.17) is 4.74 Å². The molecule has 0 bridgehead atoms. The number of fused-ring (bicyclic) bond motifs is 1. The smallest absolute Gasteiger partial charge is 0.294 e. The number of amides is 1. The molecule has 1 aromatic heterocycles. The van der Waals surface area contributed by atoms with Crippen molar-refractivity contribution in [2.75, 3.05) is 37.7 Å². The molecule has 32 heavy (non-hydrogen) atoms. The van der Waals surface area contributed by atoms with Crippen LogP contribution in [0.25, 0.3) is 11.0 Å². The van der Waals surface area contributed by atoms with Gasteiger partial charge in [-0.2, -0.15) is 0 Å². The number of rotatable bonds is 6. The van der Waals surface area contributed by atoms with Gasteiger partial charge in [-0.3, -0.25) is 9.59 Å². The molecule has 1 saturated heterocycles. The SMILES string of the molecule is CCCn1c(=O)c(N2CCN(C(=O)COc3ccc(C)c(C)c3)CC2)nc2ccccc21. The Morgan fingerprint density at radius 2 is 1.78 bits per heavy atom. The molecule has 1 aliphatic heterocycles. The number of aryl methyl sites for hydroxylation is 3. The molecule has 3 aromatic rings. The second-order valence-electron chi connectivity index (χ2n) is 8.28. The first kappa shape index (κ1) is 21.9. The van der Waals surface area contributed by atoms with Gasteiger partial charge in [-0.1, -0.05) is 25.1 Å². The predicted molar refractivity (Wildman–Crippen MR) is 126 cm³/mol. The summed E-state index contributed by atoms with van der Waals surface area (Å²) in [7, 11) is 0. The summed E-state index contributed by atoms with van der Waals surface area (Å²) in [6.45, 7) is 9.02. The zero-order valence-corrected chi connectivity index (χ0v) is 19.0. The minimum absolute atomic E-state index is 0.0139. The summed E-state index contributed by atoms with van der Waals surface area (Å²) in [5, 5.41) is 0. The quantitative estimate of drug-likeness (QED) is 0.596. The van der Waals surface area contributed by atoms with E-state index in [1.165, 1.54) is 5.56 Å². The van der Waals surface area contributed by atoms with Crippen molar-refractivity contribution in [2.45, 2.75) is 33.7 Å². The molecule has 7 nitrogen and oxygen atoms in total. The average Bonchev–Trinajstić information content (AvgIpc) is 2.81. The number of benzene rings is 2. The van der Waals surface area contributed by atoms with Crippen LogP contribution in [0.1, 0.15) is 24.5 Å². The summed E-state index contributed by atoms with van der Waals surface area (Å²) in [5.41, 5.74) is 3.94. The molecule has 0 radical (unpaired) electrons. The third-order valence-electron chi connectivity index (χ3n) is 6.06. The van der Waals surface area contributed by atoms with Crippen LogP contribution in [-0.4, -0.2) is 53.1 Å². The summed E-state index contributed by atoms with van der Waals surface area (Å²) in [4.78, 5) is 34.3. The van der Waals surface area contributed by atoms with Gasteiger partial charge in [0.25, 0.3) is 11.5 Å². The van der Waals surface area contributed by atoms with Crippen molar-refractivity contribution in [2.24, 2.45) is 0 Å². The number of aromatic nitrogens is 2. The predicted octanol–water partition coefficient (Wildman–Crippen LogP) is 3.15. The van der Waals surface area contributed by atoms with Crippen LogP contribution >= 0.6 is 0 Å². The van der Waals surface area contributed by atoms with Crippen molar-refractivity contribution in [3.05, 3.63) is 63.9 Å². The number of carbonyl (C=O) groups excluding carboxylic acids is 1. The van der Waals surface area contributed by atoms with Crippen LogP contribution in [0.2, 0.25) is 0 Å². The number of piperazine rings is 1. The Kier molecular flexibility index (Phi) is 6.44. The maximum Gasteiger partial charge on any atom is 0.294 e. The van der Waals surface area contributed by atoms with E-state index >= 15 is 0 Å². The van der Waals surface area contributed by atoms with Gasteiger partial charge >= 0.3 is 0 Å². The van der Waals surface area contributed by atoms with Crippen LogP contribution in [0.3, 0.4) is 0 Å². The Labute approximate surface area is 188 Å². The highest BCUT2D eigenvalue weighted by atomic mass is 16.5. The molecule has 0 aliphatic carbocycles. The number of para-hydroxylation sites is 2. The fourth-order valence-electron chi connectivity index (χ4n) is 4.04. The maximum absolute atomic E-state index is 13.2. The van der Waals surface area contributed by atoms with Gasteiger partial charge < -0.3 is 19.1 Å². The Morgan fingerprint density at radius 1 is 1.03 bits per heavy atom. The Morgan fingerprint density at radius 3 is 2.50 bits per heavy atom. The Bertz CT molecular complexity index is 1180. The zero-order valence-electron chi connectivity index (χ0n) is 19.0. The van der Waals surface area contributed by atoms with Crippen LogP contribution in [0, 0.1) is 13.8 Å². The largest absolute Gasteiger partial charge is 0.484 e. The van der Waals surface area contributed by atoms with Gasteiger partial charge in [0.1, 0.15) is 5.75 Å². The molecule has 0 saturated carbocycles. The molecular weight excluding hydrogens is 404 g/mol. The molecule has 2 aromatic carbocycles. The third-order valence-corrected chi connectivity index (χ3v) is 6.06. The number of nitrogens with zero attached hydrogens (tertiary/aromatic N) is 4. The lowest BCUT2D eigenvalue weighted by Gasteiger charge is -2.35. The van der Waals surface area contributed by atoms with Gasteiger partial charge in [-0.25, -0.2) is 4.98 Å². The van der Waals surface area contributed by atoms with E-state index in [1.807, 2.05) is 65.8 Å². The summed E-state index contributed by atoms with van der Waals surface area (Å²) >= 11 is 0. The molecule has 2 heterocycles. The number of carbonyl (C=O) groups is 1. The summed E-state index contributed by atoms with van der Waals surface area (Å²) < 4.78 is 7.52. The van der Waals surface area contributed by atoms with Crippen molar-refractivity contribution in [1.82, 2.24) is 14.5 Å². The molecule has 0 spiro atoms. The average molecular weight is 435 g/mol. The molecule has 1 aliphatic rings. The van der Waals surface area contributed by atoms with Gasteiger partial charge in [0.2, 0.25) is 0 Å². The maximum atomic E-state index is 13.2. The molecule has 1 fully saturated rings. The third kappa shape index (κ3) is 4.47. The first-order valence-electron chi connectivity index (χ1n) is 11.2. The van der Waals surface area contributed by atoms with E-state index in [1.54, 1.807) is 4.90 Å². The lowest BCUT2D eigenvalue weighted by atomic mass is 10.1. The van der Waals surface area contributed by atoms with Crippen molar-refractivity contribution < 1.29 is 9.53 Å². The minimum Gasteiger partial charge on any atom is -0.484 e. The van der Waals surface area contributed by atoms with Crippen LogP contribution < -0.4 is 15.2 Å². The highest BCUT2D eigenvalue weighted by Gasteiger charge is 2.25. The first-order valence-corrected chi connectivity index (χ1v) is 11.2. The van der Waals surface area contributed by atoms with E-state index in [2.05, 4.69) is 11.9 Å². The van der Waals surface area contributed by atoms with Crippen molar-refractivity contribution >= 4 is 22.8 Å². The summed E-state index contributed by atoms with van der Waals surface area (Å²) in [6, 6.07) is 13.6. The van der Waals surface area contributed by atoms with Crippen LogP contribution in [-0.2, 0) is 11.3 Å². The van der Waals surface area contributed by atoms with Gasteiger partial charge in [0.15, 0.2) is 12.4 Å². The van der Waals surface area contributed by atoms with E-state index < -0.39 is 0 Å². The Balaban J connectivity index is 1.42. The molecule has 0 N–H and O–H groups in total. The molecule has 7 heteroatoms. The van der Waals surface area contributed by atoms with Crippen molar-refractivity contribution in [3.63, 3.8) is 0 Å². The normalized spacial score (nSPS) is 14.1. The minimum atomic E-state index is -0.0663. The second-order valence-corrected chi connectivity index (χ2v) is 8.28. The number of anilines is 1. The van der Waals surface area contributed by atoms with Gasteiger partial charge in [0, 0.05) is 32.7 Å². The fourth-order valence-corrected chi connectivity index (χ4v) is 4.04. The van der Waals surface area contributed by atoms with Crippen LogP contribution in [0.15, 0.2) is 47.3 Å².